The second-order valence-electron chi connectivity index (χ2n) is 4.66. The van der Waals surface area contributed by atoms with Crippen molar-refractivity contribution in [2.75, 3.05) is 0 Å². The third-order valence-corrected chi connectivity index (χ3v) is 3.28. The number of rotatable bonds is 2. The van der Waals surface area contributed by atoms with Crippen molar-refractivity contribution in [2.45, 2.75) is 33.1 Å². The maximum absolute atomic E-state index is 4.22. The monoisotopic (exact) mass is 201 g/mol. The largest absolute Gasteiger partial charge is 0.269 e. The van der Waals surface area contributed by atoms with Crippen LogP contribution in [0.1, 0.15) is 33.1 Å². The minimum Gasteiger partial charge on any atom is -0.269 e. The molecule has 1 heterocycles. The summed E-state index contributed by atoms with van der Waals surface area (Å²) in [7, 11) is 0. The number of allylic oxidation sites excluding steroid dienone is 5. The molecule has 15 heavy (non-hydrogen) atoms. The molecule has 0 amide bonds. The van der Waals surface area contributed by atoms with Gasteiger partial charge in [0.25, 0.3) is 0 Å². The second kappa shape index (κ2) is 4.61. The maximum atomic E-state index is 4.22. The van der Waals surface area contributed by atoms with Gasteiger partial charge in [0.05, 0.1) is 0 Å². The quantitative estimate of drug-likeness (QED) is 0.642. The number of aliphatic imine (C=N–C) groups is 1. The van der Waals surface area contributed by atoms with Crippen molar-refractivity contribution in [1.82, 2.24) is 0 Å². The standard InChI is InChI=1S/C14H19N/c1-11(2)12-5-7-13(8-6-12)14-4-3-9-15-10-14/h3,5,7,9-11,14H,4,6,8H2,1-2H3. The van der Waals surface area contributed by atoms with Crippen LogP contribution in [0.15, 0.2) is 40.6 Å². The van der Waals surface area contributed by atoms with Gasteiger partial charge in [0.2, 0.25) is 0 Å². The normalized spacial score (nSPS) is 25.4. The molecular weight excluding hydrogens is 182 g/mol. The second-order valence-corrected chi connectivity index (χ2v) is 4.66. The number of hydrogen-bond donors (Lipinski definition) is 0. The van der Waals surface area contributed by atoms with Gasteiger partial charge in [0.1, 0.15) is 0 Å². The Bertz CT molecular complexity index is 342. The molecule has 1 nitrogen and oxygen atoms in total. The van der Waals surface area contributed by atoms with E-state index in [1.54, 1.807) is 11.1 Å². The van der Waals surface area contributed by atoms with Crippen LogP contribution in [0.5, 0.6) is 0 Å². The van der Waals surface area contributed by atoms with Gasteiger partial charge in [-0.05, 0) is 25.2 Å². The molecule has 0 aromatic heterocycles. The third kappa shape index (κ3) is 2.47. The molecule has 0 saturated carbocycles. The average molecular weight is 201 g/mol. The molecule has 1 atom stereocenters. The SMILES string of the molecule is CC(C)C1=CC=C(C2C=NC=CC2)CC1. The van der Waals surface area contributed by atoms with E-state index in [1.165, 1.54) is 12.8 Å². The van der Waals surface area contributed by atoms with Crippen LogP contribution in [-0.2, 0) is 0 Å². The van der Waals surface area contributed by atoms with Crippen LogP contribution in [0, 0.1) is 11.8 Å². The first-order chi connectivity index (χ1) is 7.27. The number of hydrogen-bond acceptors (Lipinski definition) is 1. The minimum absolute atomic E-state index is 0.556. The summed E-state index contributed by atoms with van der Waals surface area (Å²) in [5.74, 6) is 1.25. The topological polar surface area (TPSA) is 12.4 Å². The fourth-order valence-corrected chi connectivity index (χ4v) is 2.19. The molecule has 0 saturated heterocycles. The maximum Gasteiger partial charge on any atom is 0.0224 e. The first-order valence-corrected chi connectivity index (χ1v) is 5.85. The van der Waals surface area contributed by atoms with Crippen LogP contribution in [0.25, 0.3) is 0 Å². The van der Waals surface area contributed by atoms with Crippen molar-refractivity contribution in [2.24, 2.45) is 16.8 Å². The van der Waals surface area contributed by atoms with E-state index < -0.39 is 0 Å². The van der Waals surface area contributed by atoms with Crippen LogP contribution < -0.4 is 0 Å². The Morgan fingerprint density at radius 1 is 1.27 bits per heavy atom. The summed E-state index contributed by atoms with van der Waals surface area (Å²) in [6, 6.07) is 0. The molecule has 0 aromatic carbocycles. The molecule has 0 fully saturated rings. The molecule has 0 bridgehead atoms. The lowest BCUT2D eigenvalue weighted by Gasteiger charge is -2.22. The van der Waals surface area contributed by atoms with Crippen LogP contribution in [0.2, 0.25) is 0 Å². The van der Waals surface area contributed by atoms with Gasteiger partial charge in [-0.15, -0.1) is 0 Å². The molecule has 1 aliphatic heterocycles. The highest BCUT2D eigenvalue weighted by atomic mass is 14.7. The van der Waals surface area contributed by atoms with Crippen molar-refractivity contribution in [3.05, 3.63) is 35.6 Å². The van der Waals surface area contributed by atoms with Crippen molar-refractivity contribution in [3.8, 4) is 0 Å². The van der Waals surface area contributed by atoms with Crippen LogP contribution in [0.4, 0.5) is 0 Å². The van der Waals surface area contributed by atoms with Crippen molar-refractivity contribution < 1.29 is 0 Å². The van der Waals surface area contributed by atoms with Gasteiger partial charge >= 0.3 is 0 Å². The molecular formula is C14H19N. The fourth-order valence-electron chi connectivity index (χ4n) is 2.19. The van der Waals surface area contributed by atoms with E-state index in [-0.39, 0.29) is 0 Å². The molecule has 2 rings (SSSR count). The Balaban J connectivity index is 2.07. The Kier molecular flexibility index (Phi) is 3.20. The molecule has 1 heteroatoms. The van der Waals surface area contributed by atoms with Crippen LogP contribution >= 0.6 is 0 Å². The number of nitrogens with zero attached hydrogens (tertiary/aromatic N) is 1. The summed E-state index contributed by atoms with van der Waals surface area (Å²) < 4.78 is 0. The molecule has 1 aliphatic carbocycles. The van der Waals surface area contributed by atoms with Gasteiger partial charge in [0.15, 0.2) is 0 Å². The molecule has 1 unspecified atom stereocenters. The van der Waals surface area contributed by atoms with Crippen molar-refractivity contribution >= 4 is 6.21 Å². The van der Waals surface area contributed by atoms with E-state index in [2.05, 4.69) is 43.3 Å². The highest BCUT2D eigenvalue weighted by molar-refractivity contribution is 5.67. The van der Waals surface area contributed by atoms with Crippen molar-refractivity contribution in [3.63, 3.8) is 0 Å². The Morgan fingerprint density at radius 2 is 2.13 bits per heavy atom. The summed E-state index contributed by atoms with van der Waals surface area (Å²) in [5, 5.41) is 0. The van der Waals surface area contributed by atoms with Gasteiger partial charge in [-0.2, -0.15) is 0 Å². The summed E-state index contributed by atoms with van der Waals surface area (Å²) in [6.45, 7) is 4.55. The Morgan fingerprint density at radius 3 is 2.67 bits per heavy atom. The zero-order valence-corrected chi connectivity index (χ0v) is 9.61. The average Bonchev–Trinajstić information content (AvgIpc) is 2.30. The molecule has 80 valence electrons. The first kappa shape index (κ1) is 10.4. The minimum atomic E-state index is 0.556. The summed E-state index contributed by atoms with van der Waals surface area (Å²) in [4.78, 5) is 4.22. The lowest BCUT2D eigenvalue weighted by atomic mass is 9.84. The van der Waals surface area contributed by atoms with Gasteiger partial charge in [0, 0.05) is 18.3 Å². The van der Waals surface area contributed by atoms with Gasteiger partial charge in [-0.3, -0.25) is 4.99 Å². The van der Waals surface area contributed by atoms with Gasteiger partial charge in [-0.25, -0.2) is 0 Å². The van der Waals surface area contributed by atoms with E-state index in [0.29, 0.717) is 11.8 Å². The smallest absolute Gasteiger partial charge is 0.0224 e. The molecule has 2 aliphatic rings. The van der Waals surface area contributed by atoms with Gasteiger partial charge < -0.3 is 0 Å². The zero-order chi connectivity index (χ0) is 10.7. The highest BCUT2D eigenvalue weighted by Gasteiger charge is 2.16. The van der Waals surface area contributed by atoms with E-state index >= 15 is 0 Å². The van der Waals surface area contributed by atoms with E-state index in [9.17, 15) is 0 Å². The molecule has 0 aromatic rings. The Labute approximate surface area is 92.3 Å². The summed E-state index contributed by atoms with van der Waals surface area (Å²) in [6.07, 6.45) is 14.3. The van der Waals surface area contributed by atoms with E-state index in [0.717, 1.165) is 6.42 Å². The zero-order valence-electron chi connectivity index (χ0n) is 9.61. The molecule has 0 radical (unpaired) electrons. The highest BCUT2D eigenvalue weighted by Crippen LogP contribution is 2.29. The fraction of sp³-hybridized carbons (Fsp3) is 0.500. The Hall–Kier alpha value is -1.11. The van der Waals surface area contributed by atoms with E-state index in [1.807, 2.05) is 6.20 Å². The first-order valence-electron chi connectivity index (χ1n) is 5.85. The van der Waals surface area contributed by atoms with E-state index in [4.69, 9.17) is 0 Å². The van der Waals surface area contributed by atoms with Gasteiger partial charge in [-0.1, -0.05) is 43.2 Å². The van der Waals surface area contributed by atoms with Crippen LogP contribution in [-0.4, -0.2) is 6.21 Å². The predicted octanol–water partition coefficient (Wildman–Crippen LogP) is 3.89. The molecule has 0 spiro atoms. The summed E-state index contributed by atoms with van der Waals surface area (Å²) >= 11 is 0. The van der Waals surface area contributed by atoms with Crippen molar-refractivity contribution in [1.29, 1.82) is 0 Å². The predicted molar refractivity (Wildman–Crippen MR) is 66.0 cm³/mol. The molecule has 0 N–H and O–H groups in total. The van der Waals surface area contributed by atoms with Crippen LogP contribution in [0.3, 0.4) is 0 Å². The summed E-state index contributed by atoms with van der Waals surface area (Å²) in [5.41, 5.74) is 3.13. The lowest BCUT2D eigenvalue weighted by molar-refractivity contribution is 0.670. The lowest BCUT2D eigenvalue weighted by Crippen LogP contribution is -2.10. The third-order valence-electron chi connectivity index (χ3n) is 3.28.